The van der Waals surface area contributed by atoms with Gasteiger partial charge in [0, 0.05) is 5.56 Å². The number of carbonyl (C=O) groups is 1. The maximum absolute atomic E-state index is 13.1. The number of hydrogen-bond donors (Lipinski definition) is 2. The number of ether oxygens (including phenoxy) is 1. The van der Waals surface area contributed by atoms with Gasteiger partial charge in [-0.3, -0.25) is 4.79 Å². The first-order chi connectivity index (χ1) is 12.1. The lowest BCUT2D eigenvalue weighted by molar-refractivity contribution is 0.0935. The van der Waals surface area contributed by atoms with Gasteiger partial charge in [-0.25, -0.2) is 4.39 Å². The summed E-state index contributed by atoms with van der Waals surface area (Å²) >= 11 is 0. The highest BCUT2D eigenvalue weighted by Gasteiger charge is 2.20. The Labute approximate surface area is 144 Å². The number of aromatic amines is 1. The quantitative estimate of drug-likeness (QED) is 0.748. The van der Waals surface area contributed by atoms with Crippen LogP contribution in [0.3, 0.4) is 0 Å². The summed E-state index contributed by atoms with van der Waals surface area (Å²) in [4.78, 5) is 12.5. The summed E-state index contributed by atoms with van der Waals surface area (Å²) in [5, 5.41) is 13.3. The molecule has 2 N–H and O–H groups in total. The number of aromatic nitrogens is 3. The van der Waals surface area contributed by atoms with Gasteiger partial charge in [-0.15, -0.1) is 0 Å². The number of halogens is 1. The van der Waals surface area contributed by atoms with Crippen LogP contribution in [0.5, 0.6) is 5.75 Å². The predicted molar refractivity (Wildman–Crippen MR) is 90.7 cm³/mol. The van der Waals surface area contributed by atoms with Gasteiger partial charge >= 0.3 is 0 Å². The first kappa shape index (κ1) is 16.6. The summed E-state index contributed by atoms with van der Waals surface area (Å²) in [7, 11) is 1.60. The highest BCUT2D eigenvalue weighted by molar-refractivity contribution is 5.98. The molecule has 0 saturated heterocycles. The third-order valence-corrected chi connectivity index (χ3v) is 3.84. The maximum atomic E-state index is 13.1. The van der Waals surface area contributed by atoms with Crippen LogP contribution in [0, 0.1) is 5.82 Å². The first-order valence-electron chi connectivity index (χ1n) is 7.70. The molecule has 0 radical (unpaired) electrons. The molecule has 0 aliphatic carbocycles. The molecule has 1 unspecified atom stereocenters. The van der Waals surface area contributed by atoms with Crippen LogP contribution in [0.2, 0.25) is 0 Å². The van der Waals surface area contributed by atoms with Crippen LogP contribution in [0.4, 0.5) is 4.39 Å². The Kier molecular flexibility index (Phi) is 4.74. The van der Waals surface area contributed by atoms with Gasteiger partial charge in [0.1, 0.15) is 17.3 Å². The number of methoxy groups -OCH3 is 1. The molecule has 128 valence electrons. The van der Waals surface area contributed by atoms with Crippen LogP contribution in [0.25, 0.3) is 11.3 Å². The summed E-state index contributed by atoms with van der Waals surface area (Å²) < 4.78 is 18.2. The predicted octanol–water partition coefficient (Wildman–Crippen LogP) is 3.11. The molecule has 0 saturated carbocycles. The van der Waals surface area contributed by atoms with Crippen molar-refractivity contribution in [3.05, 3.63) is 65.6 Å². The number of rotatable bonds is 5. The van der Waals surface area contributed by atoms with Crippen molar-refractivity contribution < 1.29 is 13.9 Å². The molecule has 2 aromatic carbocycles. The highest BCUT2D eigenvalue weighted by atomic mass is 19.1. The number of nitrogens with zero attached hydrogens (tertiary/aromatic N) is 2. The van der Waals surface area contributed by atoms with Crippen LogP contribution in [-0.4, -0.2) is 28.4 Å². The van der Waals surface area contributed by atoms with Gasteiger partial charge in [-0.05, 0) is 48.9 Å². The third kappa shape index (κ3) is 3.65. The summed E-state index contributed by atoms with van der Waals surface area (Å²) in [6, 6.07) is 12.9. The van der Waals surface area contributed by atoms with Gasteiger partial charge in [0.15, 0.2) is 5.69 Å². The third-order valence-electron chi connectivity index (χ3n) is 3.84. The van der Waals surface area contributed by atoms with Crippen molar-refractivity contribution in [1.29, 1.82) is 0 Å². The lowest BCUT2D eigenvalue weighted by Gasteiger charge is -2.14. The van der Waals surface area contributed by atoms with Crippen LogP contribution in [0.15, 0.2) is 48.5 Å². The molecule has 3 rings (SSSR count). The Morgan fingerprint density at radius 3 is 2.44 bits per heavy atom. The molecule has 3 aromatic rings. The molecular weight excluding hydrogens is 323 g/mol. The summed E-state index contributed by atoms with van der Waals surface area (Å²) in [5.41, 5.74) is 2.07. The van der Waals surface area contributed by atoms with Gasteiger partial charge in [-0.1, -0.05) is 12.1 Å². The zero-order valence-electron chi connectivity index (χ0n) is 13.8. The SMILES string of the molecule is COc1ccc(C(C)NC(=O)c2n[nH]nc2-c2ccc(F)cc2)cc1. The second-order valence-corrected chi connectivity index (χ2v) is 5.50. The average molecular weight is 340 g/mol. The van der Waals surface area contributed by atoms with E-state index in [0.29, 0.717) is 11.3 Å². The minimum Gasteiger partial charge on any atom is -0.497 e. The van der Waals surface area contributed by atoms with E-state index in [1.807, 2.05) is 31.2 Å². The molecular formula is C18H17FN4O2. The molecule has 0 spiro atoms. The van der Waals surface area contributed by atoms with Gasteiger partial charge in [0.25, 0.3) is 5.91 Å². The van der Waals surface area contributed by atoms with E-state index in [4.69, 9.17) is 4.74 Å². The fourth-order valence-corrected chi connectivity index (χ4v) is 2.44. The van der Waals surface area contributed by atoms with Crippen molar-refractivity contribution in [2.75, 3.05) is 7.11 Å². The Bertz CT molecular complexity index is 860. The van der Waals surface area contributed by atoms with Gasteiger partial charge < -0.3 is 10.1 Å². The van der Waals surface area contributed by atoms with Crippen molar-refractivity contribution in [2.24, 2.45) is 0 Å². The molecule has 7 heteroatoms. The van der Waals surface area contributed by atoms with E-state index in [-0.39, 0.29) is 23.5 Å². The monoisotopic (exact) mass is 340 g/mol. The van der Waals surface area contributed by atoms with E-state index in [9.17, 15) is 9.18 Å². The second kappa shape index (κ2) is 7.12. The summed E-state index contributed by atoms with van der Waals surface area (Å²) in [6.45, 7) is 1.87. The van der Waals surface area contributed by atoms with E-state index in [2.05, 4.69) is 20.7 Å². The smallest absolute Gasteiger partial charge is 0.274 e. The molecule has 0 fully saturated rings. The van der Waals surface area contributed by atoms with Gasteiger partial charge in [0.2, 0.25) is 0 Å². The largest absolute Gasteiger partial charge is 0.497 e. The first-order valence-corrected chi connectivity index (χ1v) is 7.70. The topological polar surface area (TPSA) is 79.9 Å². The molecule has 1 amide bonds. The fourth-order valence-electron chi connectivity index (χ4n) is 2.44. The van der Waals surface area contributed by atoms with Crippen LogP contribution < -0.4 is 10.1 Å². The summed E-state index contributed by atoms with van der Waals surface area (Å²) in [5.74, 6) is 0.0279. The molecule has 1 heterocycles. The van der Waals surface area contributed by atoms with E-state index in [1.54, 1.807) is 19.2 Å². The average Bonchev–Trinajstić information content (AvgIpc) is 3.12. The standard InChI is InChI=1S/C18H17FN4O2/c1-11(12-5-9-15(25-2)10-6-12)20-18(24)17-16(21-23-22-17)13-3-7-14(19)8-4-13/h3-11H,1-2H3,(H,20,24)(H,21,22,23). The summed E-state index contributed by atoms with van der Waals surface area (Å²) in [6.07, 6.45) is 0. The number of hydrogen-bond acceptors (Lipinski definition) is 4. The van der Waals surface area contributed by atoms with Crippen LogP contribution in [0.1, 0.15) is 29.0 Å². The van der Waals surface area contributed by atoms with Gasteiger partial charge in [-0.2, -0.15) is 15.4 Å². The number of H-pyrrole nitrogens is 1. The Balaban J connectivity index is 1.77. The Morgan fingerprint density at radius 1 is 1.12 bits per heavy atom. The number of carbonyl (C=O) groups excluding carboxylic acids is 1. The zero-order valence-corrected chi connectivity index (χ0v) is 13.8. The van der Waals surface area contributed by atoms with E-state index in [1.165, 1.54) is 12.1 Å². The molecule has 0 bridgehead atoms. The van der Waals surface area contributed by atoms with Crippen LogP contribution in [-0.2, 0) is 0 Å². The molecule has 1 aromatic heterocycles. The molecule has 1 atom stereocenters. The normalized spacial score (nSPS) is 11.8. The number of nitrogens with one attached hydrogen (secondary N) is 2. The molecule has 25 heavy (non-hydrogen) atoms. The van der Waals surface area contributed by atoms with Crippen molar-refractivity contribution in [2.45, 2.75) is 13.0 Å². The Morgan fingerprint density at radius 2 is 1.80 bits per heavy atom. The highest BCUT2D eigenvalue weighted by Crippen LogP contribution is 2.21. The van der Waals surface area contributed by atoms with E-state index in [0.717, 1.165) is 11.3 Å². The van der Waals surface area contributed by atoms with Crippen LogP contribution >= 0.6 is 0 Å². The van der Waals surface area contributed by atoms with E-state index < -0.39 is 0 Å². The second-order valence-electron chi connectivity index (χ2n) is 5.50. The lowest BCUT2D eigenvalue weighted by Crippen LogP contribution is -2.27. The zero-order chi connectivity index (χ0) is 17.8. The van der Waals surface area contributed by atoms with Crippen molar-refractivity contribution in [3.8, 4) is 17.0 Å². The number of benzene rings is 2. The van der Waals surface area contributed by atoms with Crippen molar-refractivity contribution in [1.82, 2.24) is 20.7 Å². The van der Waals surface area contributed by atoms with E-state index >= 15 is 0 Å². The minimum atomic E-state index is -0.364. The lowest BCUT2D eigenvalue weighted by atomic mass is 10.1. The fraction of sp³-hybridized carbons (Fsp3) is 0.167. The maximum Gasteiger partial charge on any atom is 0.274 e. The molecule has 0 aliphatic rings. The Hall–Kier alpha value is -3.22. The minimum absolute atomic E-state index is 0.159. The van der Waals surface area contributed by atoms with Crippen molar-refractivity contribution >= 4 is 5.91 Å². The number of amides is 1. The van der Waals surface area contributed by atoms with Crippen molar-refractivity contribution in [3.63, 3.8) is 0 Å². The molecule has 6 nitrogen and oxygen atoms in total. The molecule has 0 aliphatic heterocycles. The van der Waals surface area contributed by atoms with Gasteiger partial charge in [0.05, 0.1) is 13.2 Å².